The second-order valence-corrected chi connectivity index (χ2v) is 8.25. The van der Waals surface area contributed by atoms with E-state index in [1.807, 2.05) is 0 Å². The van der Waals surface area contributed by atoms with Crippen LogP contribution in [0.4, 0.5) is 5.69 Å². The van der Waals surface area contributed by atoms with Crippen LogP contribution in [-0.2, 0) is 14.4 Å². The van der Waals surface area contributed by atoms with Gasteiger partial charge in [0.05, 0.1) is 17.4 Å². The molecule has 5 rings (SSSR count). The van der Waals surface area contributed by atoms with E-state index in [0.29, 0.717) is 17.2 Å². The molecule has 3 aromatic rings. The van der Waals surface area contributed by atoms with E-state index in [1.54, 1.807) is 43.6 Å². The van der Waals surface area contributed by atoms with Gasteiger partial charge in [0.15, 0.2) is 0 Å². The van der Waals surface area contributed by atoms with Crippen LogP contribution in [0.25, 0.3) is 11.0 Å². The topological polar surface area (TPSA) is 96.3 Å². The molecule has 1 aliphatic heterocycles. The highest BCUT2D eigenvalue weighted by atomic mass is 16.3. The number of benzene rings is 1. The molecule has 0 bridgehead atoms. The number of carbonyl (C=O) groups excluding carboxylic acids is 3. The van der Waals surface area contributed by atoms with Gasteiger partial charge in [-0.3, -0.25) is 19.3 Å². The van der Waals surface area contributed by atoms with Crippen molar-refractivity contribution in [2.45, 2.75) is 45.1 Å². The second-order valence-electron chi connectivity index (χ2n) is 8.25. The molecule has 0 spiro atoms. The van der Waals surface area contributed by atoms with E-state index in [4.69, 9.17) is 4.42 Å². The first-order chi connectivity index (χ1) is 14.5. The maximum absolute atomic E-state index is 13.4. The Bertz CT molecular complexity index is 1140. The van der Waals surface area contributed by atoms with Crippen LogP contribution < -0.4 is 4.90 Å². The highest BCUT2D eigenvalue weighted by molar-refractivity contribution is 6.48. The van der Waals surface area contributed by atoms with E-state index >= 15 is 0 Å². The van der Waals surface area contributed by atoms with E-state index in [-0.39, 0.29) is 11.7 Å². The number of aromatic nitrogens is 2. The molecular weight excluding hydrogens is 382 g/mol. The molecule has 1 saturated heterocycles. The smallest absolute Gasteiger partial charge is 0.295 e. The van der Waals surface area contributed by atoms with Crippen molar-refractivity contribution < 1.29 is 18.8 Å². The lowest BCUT2D eigenvalue weighted by Crippen LogP contribution is -2.33. The molecule has 1 amide bonds. The number of aromatic amines is 1. The van der Waals surface area contributed by atoms with Crippen molar-refractivity contribution in [2.24, 2.45) is 11.8 Å². The zero-order chi connectivity index (χ0) is 20.8. The zero-order valence-electron chi connectivity index (χ0n) is 16.8. The summed E-state index contributed by atoms with van der Waals surface area (Å²) in [5.74, 6) is -1.51. The first-order valence-electron chi connectivity index (χ1n) is 10.4. The molecule has 7 nitrogen and oxygen atoms in total. The fourth-order valence-electron chi connectivity index (χ4n) is 4.85. The van der Waals surface area contributed by atoms with Crippen LogP contribution in [0.15, 0.2) is 41.1 Å². The van der Waals surface area contributed by atoms with Crippen molar-refractivity contribution in [3.8, 4) is 0 Å². The van der Waals surface area contributed by atoms with E-state index in [1.165, 1.54) is 4.90 Å². The average molecular weight is 405 g/mol. The average Bonchev–Trinajstić information content (AvgIpc) is 3.46. The van der Waals surface area contributed by atoms with Gasteiger partial charge in [-0.25, -0.2) is 4.98 Å². The van der Waals surface area contributed by atoms with Gasteiger partial charge in [-0.15, -0.1) is 0 Å². The second kappa shape index (κ2) is 7.23. The third-order valence-corrected chi connectivity index (χ3v) is 6.35. The highest BCUT2D eigenvalue weighted by Crippen LogP contribution is 2.43. The summed E-state index contributed by atoms with van der Waals surface area (Å²) in [6.45, 7) is 1.81. The Kier molecular flexibility index (Phi) is 4.53. The molecule has 1 saturated carbocycles. The summed E-state index contributed by atoms with van der Waals surface area (Å²) in [7, 11) is 0. The first kappa shape index (κ1) is 18.8. The molecule has 1 N–H and O–H groups in total. The standard InChI is InChI=1S/C23H23N3O4/c1-13-7-10-18(30-13)20-19(21(27)14-5-3-2-4-6-14)22(28)23(29)26(20)15-8-9-16-17(11-15)25-12-24-16/h7-12,14,19-20H,2-6H2,1H3,(H,24,25). The fourth-order valence-corrected chi connectivity index (χ4v) is 4.85. The van der Waals surface area contributed by atoms with Crippen LogP contribution in [0.5, 0.6) is 0 Å². The Morgan fingerprint density at radius 3 is 2.67 bits per heavy atom. The van der Waals surface area contributed by atoms with Crippen LogP contribution in [0.2, 0.25) is 0 Å². The minimum absolute atomic E-state index is 0.128. The van der Waals surface area contributed by atoms with Gasteiger partial charge in [-0.1, -0.05) is 19.3 Å². The fraction of sp³-hybridized carbons (Fsp3) is 0.391. The number of H-pyrrole nitrogens is 1. The first-order valence-corrected chi connectivity index (χ1v) is 10.4. The Balaban J connectivity index is 1.60. The van der Waals surface area contributed by atoms with E-state index in [2.05, 4.69) is 9.97 Å². The minimum atomic E-state index is -1.04. The number of hydrogen-bond donors (Lipinski definition) is 1. The summed E-state index contributed by atoms with van der Waals surface area (Å²) >= 11 is 0. The molecule has 154 valence electrons. The van der Waals surface area contributed by atoms with Gasteiger partial charge in [0, 0.05) is 11.6 Å². The maximum Gasteiger partial charge on any atom is 0.295 e. The zero-order valence-corrected chi connectivity index (χ0v) is 16.8. The van der Waals surface area contributed by atoms with Crippen LogP contribution in [-0.4, -0.2) is 27.4 Å². The number of fused-ring (bicyclic) bond motifs is 1. The van der Waals surface area contributed by atoms with Crippen molar-refractivity contribution in [2.75, 3.05) is 4.90 Å². The normalized spacial score (nSPS) is 22.9. The molecule has 30 heavy (non-hydrogen) atoms. The lowest BCUT2D eigenvalue weighted by molar-refractivity contribution is -0.140. The molecule has 1 aromatic carbocycles. The quantitative estimate of drug-likeness (QED) is 0.525. The number of nitrogens with zero attached hydrogens (tertiary/aromatic N) is 2. The molecule has 1 aliphatic carbocycles. The summed E-state index contributed by atoms with van der Waals surface area (Å²) in [6, 6.07) is 8.11. The predicted molar refractivity (Wildman–Crippen MR) is 110 cm³/mol. The number of rotatable bonds is 4. The molecule has 2 aromatic heterocycles. The number of imidazole rings is 1. The monoisotopic (exact) mass is 405 g/mol. The summed E-state index contributed by atoms with van der Waals surface area (Å²) in [6.07, 6.45) is 6.21. The molecule has 7 heteroatoms. The van der Waals surface area contributed by atoms with Crippen molar-refractivity contribution in [1.29, 1.82) is 0 Å². The number of anilines is 1. The summed E-state index contributed by atoms with van der Waals surface area (Å²) in [5, 5.41) is 0. The Morgan fingerprint density at radius 1 is 1.13 bits per heavy atom. The number of hydrogen-bond acceptors (Lipinski definition) is 5. The number of nitrogens with one attached hydrogen (secondary N) is 1. The Morgan fingerprint density at radius 2 is 1.93 bits per heavy atom. The molecule has 2 unspecified atom stereocenters. The minimum Gasteiger partial charge on any atom is -0.464 e. The van der Waals surface area contributed by atoms with Gasteiger partial charge in [0.1, 0.15) is 29.3 Å². The summed E-state index contributed by atoms with van der Waals surface area (Å²) in [4.78, 5) is 48.3. The van der Waals surface area contributed by atoms with Gasteiger partial charge in [0.25, 0.3) is 5.91 Å². The van der Waals surface area contributed by atoms with Crippen molar-refractivity contribution in [3.05, 3.63) is 48.2 Å². The van der Waals surface area contributed by atoms with Crippen molar-refractivity contribution >= 4 is 34.2 Å². The molecular formula is C23H23N3O4. The lowest BCUT2D eigenvalue weighted by atomic mass is 9.78. The van der Waals surface area contributed by atoms with Crippen LogP contribution in [0.3, 0.4) is 0 Å². The van der Waals surface area contributed by atoms with Gasteiger partial charge in [0.2, 0.25) is 5.78 Å². The number of furan rings is 1. The molecule has 0 radical (unpaired) electrons. The lowest BCUT2D eigenvalue weighted by Gasteiger charge is -2.28. The third kappa shape index (κ3) is 2.96. The Hall–Kier alpha value is -3.22. The van der Waals surface area contributed by atoms with Gasteiger partial charge in [-0.05, 0) is 50.1 Å². The van der Waals surface area contributed by atoms with Crippen LogP contribution in [0.1, 0.15) is 49.7 Å². The number of aryl methyl sites for hydroxylation is 1. The Labute approximate surface area is 173 Å². The highest BCUT2D eigenvalue weighted by Gasteiger charge is 2.54. The van der Waals surface area contributed by atoms with E-state index in [0.717, 1.165) is 43.1 Å². The van der Waals surface area contributed by atoms with E-state index < -0.39 is 23.7 Å². The largest absolute Gasteiger partial charge is 0.464 e. The van der Waals surface area contributed by atoms with Gasteiger partial charge >= 0.3 is 0 Å². The summed E-state index contributed by atoms with van der Waals surface area (Å²) < 4.78 is 5.84. The predicted octanol–water partition coefficient (Wildman–Crippen LogP) is 3.89. The van der Waals surface area contributed by atoms with Gasteiger partial charge < -0.3 is 9.40 Å². The van der Waals surface area contributed by atoms with Crippen LogP contribution >= 0.6 is 0 Å². The van der Waals surface area contributed by atoms with Crippen LogP contribution in [0, 0.1) is 18.8 Å². The molecule has 2 fully saturated rings. The number of Topliss-reactive ketones (excluding diaryl/α,β-unsaturated/α-hetero) is 2. The third-order valence-electron chi connectivity index (χ3n) is 6.35. The van der Waals surface area contributed by atoms with E-state index in [9.17, 15) is 14.4 Å². The molecule has 2 atom stereocenters. The molecule has 2 aliphatic rings. The van der Waals surface area contributed by atoms with Gasteiger partial charge in [-0.2, -0.15) is 0 Å². The summed E-state index contributed by atoms with van der Waals surface area (Å²) in [5.41, 5.74) is 2.06. The van der Waals surface area contributed by atoms with Crippen molar-refractivity contribution in [1.82, 2.24) is 9.97 Å². The van der Waals surface area contributed by atoms with Crippen molar-refractivity contribution in [3.63, 3.8) is 0 Å². The number of ketones is 2. The molecule has 3 heterocycles. The maximum atomic E-state index is 13.4. The number of carbonyl (C=O) groups is 3. The number of amides is 1. The SMILES string of the molecule is Cc1ccc(C2C(C(=O)C3CCCCC3)C(=O)C(=O)N2c2ccc3nc[nH]c3c2)o1.